The zero-order valence-corrected chi connectivity index (χ0v) is 82.2. The van der Waals surface area contributed by atoms with Crippen LogP contribution in [0.15, 0.2) is 472 Å². The first-order chi connectivity index (χ1) is 72.9. The third-order valence-corrected chi connectivity index (χ3v) is 32.3. The van der Waals surface area contributed by atoms with Crippen LogP contribution in [0.3, 0.4) is 0 Å². The topological polar surface area (TPSA) is 103 Å². The van der Waals surface area contributed by atoms with Crippen LogP contribution in [-0.4, -0.2) is 34.9 Å². The number of hydrogen-bond donors (Lipinski definition) is 0. The van der Waals surface area contributed by atoms with Gasteiger partial charge in [0.25, 0.3) is 0 Å². The molecule has 0 saturated heterocycles. The minimum atomic E-state index is -0.122. The summed E-state index contributed by atoms with van der Waals surface area (Å²) in [5.41, 5.74) is 30.9. The maximum Gasteiger partial charge on any atom is 0.164 e. The second kappa shape index (κ2) is 34.0. The van der Waals surface area contributed by atoms with Gasteiger partial charge in [0.15, 0.2) is 17.5 Å². The Kier molecular flexibility index (Phi) is 19.8. The molecule has 0 spiro atoms. The number of para-hydroxylation sites is 3. The standard InChI is InChI=1S/C51H37N3.C44H26N2O.C44H26N2S/c1-50(2)40-22-12-10-19-36(40)44-39(21-14-24-42(44)50)49-53-47(30-15-6-5-7-16-30)52-48(54-49)32-26-27-33-31(29-32)25-28-38-43(33)34-17-8-9-18-35(34)46-45(38)37-20-11-13-23-41(37)51(46,3)4;2*1-3-12-27(13-4-1)41-42(28-14-5-2-6-15-28)46-43-32(19-11-20-37(43)45-41)30-22-24-31-29(26-30)23-25-36-39(31)33-16-7-8-17-34(33)40-35-18-9-10-21-38(35)47-44(36)40/h5-29H,1-4H3;2*1-26H. The van der Waals surface area contributed by atoms with Crippen LogP contribution in [0.25, 0.3) is 285 Å². The van der Waals surface area contributed by atoms with E-state index in [1.165, 1.54) is 156 Å². The molecule has 0 bridgehead atoms. The van der Waals surface area contributed by atoms with Gasteiger partial charge >= 0.3 is 0 Å². The Hall–Kier alpha value is -18.7. The lowest BCUT2D eigenvalue weighted by atomic mass is 9.79. The van der Waals surface area contributed by atoms with Gasteiger partial charge < -0.3 is 4.42 Å². The highest BCUT2D eigenvalue weighted by Crippen LogP contribution is 2.58. The molecular formula is C139H89N7OS. The fourth-order valence-electron chi connectivity index (χ4n) is 24.4. The molecule has 0 unspecified atom stereocenters. The molecule has 148 heavy (non-hydrogen) atoms. The van der Waals surface area contributed by atoms with Crippen molar-refractivity contribution in [2.45, 2.75) is 38.5 Å². The van der Waals surface area contributed by atoms with Crippen LogP contribution >= 0.6 is 11.3 Å². The van der Waals surface area contributed by atoms with Gasteiger partial charge in [-0.15, -0.1) is 11.3 Å². The molecule has 0 amide bonds. The number of thiophene rings is 1. The van der Waals surface area contributed by atoms with Gasteiger partial charge in [-0.25, -0.2) is 34.9 Å². The fraction of sp³-hybridized carbons (Fsp3) is 0.0432. The maximum atomic E-state index is 6.54. The number of rotatable bonds is 9. The van der Waals surface area contributed by atoms with Gasteiger partial charge in [-0.05, 0) is 185 Å². The Morgan fingerprint density at radius 2 is 0.574 bits per heavy atom. The summed E-state index contributed by atoms with van der Waals surface area (Å²) in [6.07, 6.45) is 0. The molecule has 29 aromatic rings. The van der Waals surface area contributed by atoms with Crippen LogP contribution in [0.2, 0.25) is 0 Å². The van der Waals surface area contributed by atoms with Crippen LogP contribution < -0.4 is 0 Å². The summed E-state index contributed by atoms with van der Waals surface area (Å²) in [5.74, 6) is 2.02. The highest BCUT2D eigenvalue weighted by Gasteiger charge is 2.40. The fourth-order valence-corrected chi connectivity index (χ4v) is 25.6. The first-order valence-corrected chi connectivity index (χ1v) is 51.5. The summed E-state index contributed by atoms with van der Waals surface area (Å²) < 4.78 is 9.23. The Labute approximate surface area is 857 Å². The molecule has 2 aliphatic rings. The monoisotopic (exact) mass is 1900 g/mol. The lowest BCUT2D eigenvalue weighted by Crippen LogP contribution is -2.15. The molecule has 8 nitrogen and oxygen atoms in total. The Morgan fingerprint density at radius 3 is 1.13 bits per heavy atom. The van der Waals surface area contributed by atoms with Gasteiger partial charge in [-0.1, -0.05) is 446 Å². The van der Waals surface area contributed by atoms with E-state index < -0.39 is 0 Å². The van der Waals surface area contributed by atoms with Crippen molar-refractivity contribution in [3.63, 3.8) is 0 Å². The normalized spacial score (nSPS) is 12.8. The van der Waals surface area contributed by atoms with Crippen molar-refractivity contribution in [1.82, 2.24) is 34.9 Å². The number of aromatic nitrogens is 7. The van der Waals surface area contributed by atoms with Crippen LogP contribution in [-0.2, 0) is 10.8 Å². The second-order valence-corrected chi connectivity index (χ2v) is 41.2. The van der Waals surface area contributed by atoms with Crippen LogP contribution in [0.1, 0.15) is 49.9 Å². The van der Waals surface area contributed by atoms with Crippen molar-refractivity contribution in [3.05, 3.63) is 489 Å². The highest BCUT2D eigenvalue weighted by atomic mass is 32.1. The van der Waals surface area contributed by atoms with Crippen molar-refractivity contribution in [1.29, 1.82) is 0 Å². The van der Waals surface area contributed by atoms with Gasteiger partial charge in [0, 0.05) is 108 Å². The molecule has 692 valence electrons. The van der Waals surface area contributed by atoms with Crippen LogP contribution in [0.4, 0.5) is 0 Å². The van der Waals surface area contributed by atoms with Crippen molar-refractivity contribution < 1.29 is 4.42 Å². The highest BCUT2D eigenvalue weighted by molar-refractivity contribution is 7.27. The average molecular weight is 1910 g/mol. The molecule has 0 radical (unpaired) electrons. The molecular weight excluding hydrogens is 1820 g/mol. The number of benzene rings is 24. The van der Waals surface area contributed by atoms with E-state index >= 15 is 0 Å². The second-order valence-electron chi connectivity index (χ2n) is 40.2. The molecule has 0 atom stereocenters. The van der Waals surface area contributed by atoms with Crippen LogP contribution in [0, 0.1) is 0 Å². The first kappa shape index (κ1) is 86.0. The Bertz CT molecular complexity index is 10200. The van der Waals surface area contributed by atoms with Gasteiger partial charge in [0.1, 0.15) is 11.2 Å². The number of hydrogen-bond acceptors (Lipinski definition) is 9. The molecule has 31 rings (SSSR count). The molecule has 0 aliphatic heterocycles. The molecule has 5 heterocycles. The van der Waals surface area contributed by atoms with Gasteiger partial charge in [0.05, 0.1) is 44.8 Å². The van der Waals surface area contributed by atoms with E-state index in [4.69, 9.17) is 39.3 Å². The average Bonchev–Trinajstić information content (AvgIpc) is 1.52. The van der Waals surface area contributed by atoms with E-state index in [1.807, 2.05) is 72.0 Å². The third kappa shape index (κ3) is 13.6. The number of furan rings is 1. The Morgan fingerprint density at radius 1 is 0.209 bits per heavy atom. The van der Waals surface area contributed by atoms with Crippen LogP contribution in [0.5, 0.6) is 0 Å². The van der Waals surface area contributed by atoms with Crippen molar-refractivity contribution >= 4 is 172 Å². The zero-order chi connectivity index (χ0) is 98.1. The SMILES string of the molecule is CC1(C)c2ccccc2-c2c(-c3nc(-c4ccccc4)nc(-c4ccc5c(ccc6c7c(c8ccccc8c65)C(C)(C)c5ccccc5-7)c4)n3)cccc21.c1ccc(-c2nc3cccc(-c4ccc5c(ccc6c7oc8ccccc8c7c7ccccc7c56)c4)c3nc2-c2ccccc2)cc1.c1ccc(-c2nc3cccc(-c4ccc5c(ccc6c7sc8ccccc8c7c7ccccc7c56)c4)c3nc2-c2ccccc2)cc1. The van der Waals surface area contributed by atoms with E-state index in [-0.39, 0.29) is 10.8 Å². The summed E-state index contributed by atoms with van der Waals surface area (Å²) in [6, 6.07) is 166. The van der Waals surface area contributed by atoms with E-state index in [0.717, 1.165) is 133 Å². The summed E-state index contributed by atoms with van der Waals surface area (Å²) >= 11 is 1.90. The van der Waals surface area contributed by atoms with Gasteiger partial charge in [0.2, 0.25) is 0 Å². The molecule has 24 aromatic carbocycles. The van der Waals surface area contributed by atoms with Crippen molar-refractivity contribution in [2.75, 3.05) is 0 Å². The van der Waals surface area contributed by atoms with Crippen molar-refractivity contribution in [3.8, 4) is 124 Å². The Balaban J connectivity index is 0.000000105. The summed E-state index contributed by atoms with van der Waals surface area (Å²) in [6.45, 7) is 9.37. The van der Waals surface area contributed by atoms with E-state index in [9.17, 15) is 0 Å². The first-order valence-electron chi connectivity index (χ1n) is 50.7. The quantitative estimate of drug-likeness (QED) is 0.132. The molecule has 0 saturated carbocycles. The summed E-state index contributed by atoms with van der Waals surface area (Å²) in [5, 5.41) is 27.5. The van der Waals surface area contributed by atoms with Gasteiger partial charge in [-0.2, -0.15) is 0 Å². The molecule has 2 aliphatic carbocycles. The lowest BCUT2D eigenvalue weighted by molar-refractivity contribution is 0.660. The largest absolute Gasteiger partial charge is 0.455 e. The minimum absolute atomic E-state index is 0.0951. The van der Waals surface area contributed by atoms with E-state index in [1.54, 1.807) is 0 Å². The molecule has 5 aromatic heterocycles. The predicted molar refractivity (Wildman–Crippen MR) is 621 cm³/mol. The summed E-state index contributed by atoms with van der Waals surface area (Å²) in [4.78, 5) is 36.8. The summed E-state index contributed by atoms with van der Waals surface area (Å²) in [7, 11) is 0. The number of fused-ring (bicyclic) bond motifs is 35. The molecule has 0 fully saturated rings. The van der Waals surface area contributed by atoms with Gasteiger partial charge in [-0.3, -0.25) is 0 Å². The zero-order valence-electron chi connectivity index (χ0n) is 81.4. The number of nitrogens with zero attached hydrogens (tertiary/aromatic N) is 7. The lowest BCUT2D eigenvalue weighted by Gasteiger charge is -2.24. The maximum absolute atomic E-state index is 6.54. The minimum Gasteiger partial charge on any atom is -0.455 e. The predicted octanol–water partition coefficient (Wildman–Crippen LogP) is 37.4. The van der Waals surface area contributed by atoms with E-state index in [0.29, 0.717) is 17.5 Å². The smallest absolute Gasteiger partial charge is 0.164 e. The third-order valence-electron chi connectivity index (χ3n) is 31.1. The molecule has 0 N–H and O–H groups in total. The van der Waals surface area contributed by atoms with Crippen molar-refractivity contribution in [2.24, 2.45) is 0 Å². The van der Waals surface area contributed by atoms with E-state index in [2.05, 4.69) is 434 Å². The molecule has 9 heteroatoms.